The molecule has 0 amide bonds. The van der Waals surface area contributed by atoms with Crippen molar-refractivity contribution >= 4 is 0 Å². The first-order valence-electron chi connectivity index (χ1n) is 4.88. The molecule has 15 heavy (non-hydrogen) atoms. The molecular formula is C14H21N. The molecule has 0 spiro atoms. The summed E-state index contributed by atoms with van der Waals surface area (Å²) >= 11 is 0. The Morgan fingerprint density at radius 2 is 1.73 bits per heavy atom. The zero-order valence-corrected chi connectivity index (χ0v) is 9.90. The molecule has 1 heteroatoms. The summed E-state index contributed by atoms with van der Waals surface area (Å²) in [7, 11) is 0. The maximum atomic E-state index is 5.61. The quantitative estimate of drug-likeness (QED) is 0.548. The van der Waals surface area contributed by atoms with E-state index in [0.717, 1.165) is 0 Å². The van der Waals surface area contributed by atoms with Crippen LogP contribution in [0.15, 0.2) is 43.0 Å². The van der Waals surface area contributed by atoms with Crippen LogP contribution in [-0.2, 0) is 0 Å². The number of hydrogen-bond donors (Lipinski definition) is 1. The summed E-state index contributed by atoms with van der Waals surface area (Å²) < 4.78 is 0. The Balaban J connectivity index is 0. The van der Waals surface area contributed by atoms with E-state index in [-0.39, 0.29) is 6.04 Å². The van der Waals surface area contributed by atoms with Crippen LogP contribution in [0, 0.1) is 12.3 Å². The highest BCUT2D eigenvalue weighted by atomic mass is 14.6. The molecule has 0 aliphatic rings. The van der Waals surface area contributed by atoms with E-state index in [0.29, 0.717) is 0 Å². The highest BCUT2D eigenvalue weighted by molar-refractivity contribution is 5.17. The largest absolute Gasteiger partial charge is 0.324 e. The second kappa shape index (κ2) is 12.5. The Hall–Kier alpha value is -1.52. The third-order valence-corrected chi connectivity index (χ3v) is 1.33. The molecule has 1 aromatic rings. The third kappa shape index (κ3) is 12.5. The molecule has 0 aliphatic heterocycles. The summed E-state index contributed by atoms with van der Waals surface area (Å²) in [6, 6.07) is 10.2. The van der Waals surface area contributed by atoms with Crippen molar-refractivity contribution in [3.63, 3.8) is 0 Å². The molecule has 1 aromatic carbocycles. The molecule has 0 bridgehead atoms. The Bertz CT molecular complexity index is 267. The zero-order chi connectivity index (χ0) is 12.1. The van der Waals surface area contributed by atoms with Crippen molar-refractivity contribution in [2.24, 2.45) is 5.73 Å². The minimum Gasteiger partial charge on any atom is -0.324 e. The number of nitrogens with two attached hydrogens (primary N) is 1. The van der Waals surface area contributed by atoms with Crippen molar-refractivity contribution in [2.75, 3.05) is 0 Å². The highest BCUT2D eigenvalue weighted by Gasteiger charge is 1.93. The van der Waals surface area contributed by atoms with Gasteiger partial charge in [-0.05, 0) is 26.3 Å². The van der Waals surface area contributed by atoms with Gasteiger partial charge in [-0.15, -0.1) is 18.9 Å². The van der Waals surface area contributed by atoms with Crippen LogP contribution in [0.1, 0.15) is 32.4 Å². The lowest BCUT2D eigenvalue weighted by Crippen LogP contribution is -2.03. The van der Waals surface area contributed by atoms with E-state index in [1.54, 1.807) is 13.0 Å². The van der Waals surface area contributed by atoms with Gasteiger partial charge in [-0.2, -0.15) is 0 Å². The minimum absolute atomic E-state index is 0.159. The second-order valence-corrected chi connectivity index (χ2v) is 2.90. The molecule has 1 nitrogen and oxygen atoms in total. The molecule has 1 rings (SSSR count). The predicted molar refractivity (Wildman–Crippen MR) is 69.4 cm³/mol. The van der Waals surface area contributed by atoms with Gasteiger partial charge in [0.25, 0.3) is 0 Å². The Kier molecular flexibility index (Phi) is 13.3. The highest BCUT2D eigenvalue weighted by Crippen LogP contribution is 2.06. The maximum absolute atomic E-state index is 5.61. The Labute approximate surface area is 94.0 Å². The van der Waals surface area contributed by atoms with Gasteiger partial charge in [0.1, 0.15) is 0 Å². The van der Waals surface area contributed by atoms with Crippen molar-refractivity contribution in [2.45, 2.75) is 26.8 Å². The summed E-state index contributed by atoms with van der Waals surface area (Å²) in [5.41, 5.74) is 6.81. The molecule has 82 valence electrons. The number of terminal acetylenes is 1. The maximum Gasteiger partial charge on any atom is 0.0266 e. The van der Waals surface area contributed by atoms with Crippen LogP contribution < -0.4 is 5.73 Å². The number of benzene rings is 1. The molecule has 1 unspecified atom stereocenters. The number of allylic oxidation sites excluding steroid dienone is 1. The molecule has 0 heterocycles. The van der Waals surface area contributed by atoms with Crippen molar-refractivity contribution in [3.05, 3.63) is 48.6 Å². The van der Waals surface area contributed by atoms with E-state index < -0.39 is 0 Å². The van der Waals surface area contributed by atoms with Gasteiger partial charge in [0.15, 0.2) is 0 Å². The summed E-state index contributed by atoms with van der Waals surface area (Å²) in [4.78, 5) is 0. The van der Waals surface area contributed by atoms with Gasteiger partial charge in [0, 0.05) is 6.04 Å². The number of rotatable bonds is 1. The van der Waals surface area contributed by atoms with E-state index in [2.05, 4.69) is 18.9 Å². The van der Waals surface area contributed by atoms with Crippen LogP contribution in [0.4, 0.5) is 0 Å². The van der Waals surface area contributed by atoms with Gasteiger partial charge in [0.2, 0.25) is 0 Å². The smallest absolute Gasteiger partial charge is 0.0266 e. The molecule has 1 atom stereocenters. The van der Waals surface area contributed by atoms with E-state index in [1.165, 1.54) is 5.56 Å². The zero-order valence-electron chi connectivity index (χ0n) is 9.90. The standard InChI is InChI=1S/C8H11N.C3H6.C3H4/c1-7(9)8-5-3-2-4-6-8;2*1-3-2/h2-7H,9H2,1H3;3H,1H2,2H3;1H,2H3. The summed E-state index contributed by atoms with van der Waals surface area (Å²) in [6.45, 7) is 8.88. The van der Waals surface area contributed by atoms with Crippen LogP contribution in [0.5, 0.6) is 0 Å². The summed E-state index contributed by atoms with van der Waals surface area (Å²) in [5, 5.41) is 0. The summed E-state index contributed by atoms with van der Waals surface area (Å²) in [6.07, 6.45) is 6.35. The van der Waals surface area contributed by atoms with E-state index in [1.807, 2.05) is 44.2 Å². The van der Waals surface area contributed by atoms with Crippen molar-refractivity contribution < 1.29 is 0 Å². The average molecular weight is 203 g/mol. The fourth-order valence-electron chi connectivity index (χ4n) is 0.757. The second-order valence-electron chi connectivity index (χ2n) is 2.90. The van der Waals surface area contributed by atoms with Crippen LogP contribution >= 0.6 is 0 Å². The fourth-order valence-corrected chi connectivity index (χ4v) is 0.757. The monoisotopic (exact) mass is 203 g/mol. The lowest BCUT2D eigenvalue weighted by molar-refractivity contribution is 0.818. The van der Waals surface area contributed by atoms with Gasteiger partial charge in [0.05, 0.1) is 0 Å². The first-order chi connectivity index (χ1) is 7.13. The summed E-state index contributed by atoms with van der Waals surface area (Å²) in [5.74, 6) is 2.25. The average Bonchev–Trinajstić information content (AvgIpc) is 2.21. The molecule has 2 N–H and O–H groups in total. The van der Waals surface area contributed by atoms with Gasteiger partial charge in [-0.3, -0.25) is 0 Å². The Morgan fingerprint density at radius 3 is 1.93 bits per heavy atom. The van der Waals surface area contributed by atoms with Crippen LogP contribution in [0.25, 0.3) is 0 Å². The Morgan fingerprint density at radius 1 is 1.40 bits per heavy atom. The van der Waals surface area contributed by atoms with Crippen LogP contribution in [0.2, 0.25) is 0 Å². The fraction of sp³-hybridized carbons (Fsp3) is 0.286. The minimum atomic E-state index is 0.159. The van der Waals surface area contributed by atoms with E-state index in [4.69, 9.17) is 5.73 Å². The van der Waals surface area contributed by atoms with Gasteiger partial charge < -0.3 is 5.73 Å². The molecule has 0 fully saturated rings. The molecular weight excluding hydrogens is 182 g/mol. The molecule has 0 saturated carbocycles. The molecule has 0 aromatic heterocycles. The lowest BCUT2D eigenvalue weighted by atomic mass is 10.1. The molecule has 0 aliphatic carbocycles. The first-order valence-corrected chi connectivity index (χ1v) is 4.88. The SMILES string of the molecule is C#CC.C=CC.CC(N)c1ccccc1. The van der Waals surface area contributed by atoms with E-state index >= 15 is 0 Å². The van der Waals surface area contributed by atoms with Gasteiger partial charge in [-0.1, -0.05) is 36.4 Å². The molecule has 0 radical (unpaired) electrons. The van der Waals surface area contributed by atoms with Crippen molar-refractivity contribution in [3.8, 4) is 12.3 Å². The van der Waals surface area contributed by atoms with Gasteiger partial charge >= 0.3 is 0 Å². The third-order valence-electron chi connectivity index (χ3n) is 1.33. The van der Waals surface area contributed by atoms with Crippen molar-refractivity contribution in [1.29, 1.82) is 0 Å². The van der Waals surface area contributed by atoms with Crippen LogP contribution in [-0.4, -0.2) is 0 Å². The van der Waals surface area contributed by atoms with E-state index in [9.17, 15) is 0 Å². The lowest BCUT2D eigenvalue weighted by Gasteiger charge is -2.02. The predicted octanol–water partition coefficient (Wildman–Crippen LogP) is 3.54. The first kappa shape index (κ1) is 15.9. The van der Waals surface area contributed by atoms with Crippen molar-refractivity contribution in [1.82, 2.24) is 0 Å². The van der Waals surface area contributed by atoms with Gasteiger partial charge in [-0.25, -0.2) is 0 Å². The topological polar surface area (TPSA) is 26.0 Å². The molecule has 0 saturated heterocycles. The van der Waals surface area contributed by atoms with Crippen LogP contribution in [0.3, 0.4) is 0 Å². The normalized spacial score (nSPS) is 9.27. The number of hydrogen-bond acceptors (Lipinski definition) is 1.